The number of aromatic nitrogens is 2. The molecule has 0 radical (unpaired) electrons. The van der Waals surface area contributed by atoms with Gasteiger partial charge in [0.1, 0.15) is 0 Å². The molecule has 116 valence electrons. The molecule has 1 aromatic carbocycles. The van der Waals surface area contributed by atoms with E-state index in [1.807, 2.05) is 17.0 Å². The molecule has 6 heteroatoms. The minimum atomic E-state index is 0.0377. The number of halogens is 1. The number of nitrogens with zero attached hydrogens (tertiary/aromatic N) is 3. The highest BCUT2D eigenvalue weighted by Gasteiger charge is 2.23. The van der Waals surface area contributed by atoms with Gasteiger partial charge < -0.3 is 10.6 Å². The highest BCUT2D eigenvalue weighted by atomic mass is 35.5. The number of hydrogen-bond acceptors (Lipinski definition) is 3. The van der Waals surface area contributed by atoms with E-state index in [2.05, 4.69) is 5.10 Å². The summed E-state index contributed by atoms with van der Waals surface area (Å²) in [6.07, 6.45) is 5.34. The van der Waals surface area contributed by atoms with Gasteiger partial charge in [-0.3, -0.25) is 4.79 Å². The molecule has 1 amide bonds. The number of nitrogens with two attached hydrogens (primary N) is 1. The number of likely N-dealkylation sites (tertiary alicyclic amines) is 1. The molecule has 5 nitrogen and oxygen atoms in total. The Balaban J connectivity index is 1.71. The van der Waals surface area contributed by atoms with E-state index >= 15 is 0 Å². The van der Waals surface area contributed by atoms with Gasteiger partial charge in [-0.05, 0) is 49.6 Å². The maximum absolute atomic E-state index is 12.5. The zero-order valence-electron chi connectivity index (χ0n) is 12.3. The third-order valence-electron chi connectivity index (χ3n) is 4.16. The maximum Gasteiger partial charge on any atom is 0.257 e. The average molecular weight is 319 g/mol. The third-order valence-corrected chi connectivity index (χ3v) is 4.41. The van der Waals surface area contributed by atoms with Gasteiger partial charge in [0.25, 0.3) is 5.91 Å². The summed E-state index contributed by atoms with van der Waals surface area (Å²) in [6, 6.07) is 7.35. The van der Waals surface area contributed by atoms with E-state index in [-0.39, 0.29) is 5.91 Å². The second-order valence-corrected chi connectivity index (χ2v) is 6.06. The molecule has 0 atom stereocenters. The Labute approximate surface area is 134 Å². The summed E-state index contributed by atoms with van der Waals surface area (Å²) in [5.41, 5.74) is 7.18. The fourth-order valence-corrected chi connectivity index (χ4v) is 2.85. The smallest absolute Gasteiger partial charge is 0.257 e. The Hall–Kier alpha value is -1.85. The minimum Gasteiger partial charge on any atom is -0.339 e. The van der Waals surface area contributed by atoms with Gasteiger partial charge in [-0.15, -0.1) is 0 Å². The number of hydrogen-bond donors (Lipinski definition) is 1. The highest BCUT2D eigenvalue weighted by Crippen LogP contribution is 2.19. The molecule has 0 bridgehead atoms. The monoisotopic (exact) mass is 318 g/mol. The van der Waals surface area contributed by atoms with Crippen LogP contribution in [0.5, 0.6) is 0 Å². The Bertz CT molecular complexity index is 644. The first-order chi connectivity index (χ1) is 10.7. The first kappa shape index (κ1) is 15.1. The van der Waals surface area contributed by atoms with E-state index in [1.54, 1.807) is 29.2 Å². The van der Waals surface area contributed by atoms with Crippen LogP contribution in [0.4, 0.5) is 0 Å². The fraction of sp³-hybridized carbons (Fsp3) is 0.375. The van der Waals surface area contributed by atoms with Crippen LogP contribution in [0.2, 0.25) is 5.02 Å². The number of benzene rings is 1. The van der Waals surface area contributed by atoms with Gasteiger partial charge in [0.05, 0.1) is 17.4 Å². The van der Waals surface area contributed by atoms with Crippen molar-refractivity contribution < 1.29 is 4.79 Å². The lowest BCUT2D eigenvalue weighted by molar-refractivity contribution is 0.0693. The number of piperidine rings is 1. The number of rotatable bonds is 3. The molecule has 2 aromatic rings. The lowest BCUT2D eigenvalue weighted by atomic mass is 9.97. The Morgan fingerprint density at radius 2 is 1.95 bits per heavy atom. The predicted octanol–water partition coefficient (Wildman–Crippen LogP) is 2.34. The Morgan fingerprint density at radius 1 is 1.27 bits per heavy atom. The van der Waals surface area contributed by atoms with Crippen molar-refractivity contribution >= 4 is 17.5 Å². The van der Waals surface area contributed by atoms with Crippen LogP contribution in [0, 0.1) is 5.92 Å². The molecule has 1 aliphatic rings. The van der Waals surface area contributed by atoms with Crippen molar-refractivity contribution in [3.8, 4) is 5.69 Å². The average Bonchev–Trinajstić information content (AvgIpc) is 3.05. The van der Waals surface area contributed by atoms with Crippen molar-refractivity contribution in [1.29, 1.82) is 0 Å². The van der Waals surface area contributed by atoms with Crippen molar-refractivity contribution in [2.75, 3.05) is 19.6 Å². The standard InChI is InChI=1S/C16H19ClN4O/c17-14-1-3-15(4-2-14)21-11-13(10-19-21)16(22)20-7-5-12(9-18)6-8-20/h1-4,10-12H,5-9,18H2. The van der Waals surface area contributed by atoms with Gasteiger partial charge in [0.2, 0.25) is 0 Å². The van der Waals surface area contributed by atoms with E-state index < -0.39 is 0 Å². The fourth-order valence-electron chi connectivity index (χ4n) is 2.72. The molecule has 3 rings (SSSR count). The van der Waals surface area contributed by atoms with Crippen LogP contribution in [-0.4, -0.2) is 40.2 Å². The molecule has 1 saturated heterocycles. The Morgan fingerprint density at radius 3 is 2.59 bits per heavy atom. The number of carbonyl (C=O) groups excluding carboxylic acids is 1. The van der Waals surface area contributed by atoms with Gasteiger partial charge in [0.15, 0.2) is 0 Å². The predicted molar refractivity (Wildman–Crippen MR) is 86.3 cm³/mol. The van der Waals surface area contributed by atoms with E-state index in [0.29, 0.717) is 23.0 Å². The van der Waals surface area contributed by atoms with Crippen molar-refractivity contribution in [2.24, 2.45) is 11.7 Å². The minimum absolute atomic E-state index is 0.0377. The van der Waals surface area contributed by atoms with Crippen molar-refractivity contribution in [2.45, 2.75) is 12.8 Å². The van der Waals surface area contributed by atoms with Gasteiger partial charge in [-0.25, -0.2) is 4.68 Å². The van der Waals surface area contributed by atoms with Crippen LogP contribution < -0.4 is 5.73 Å². The van der Waals surface area contributed by atoms with Crippen molar-refractivity contribution in [3.63, 3.8) is 0 Å². The van der Waals surface area contributed by atoms with Gasteiger partial charge in [0, 0.05) is 24.3 Å². The summed E-state index contributed by atoms with van der Waals surface area (Å²) in [5.74, 6) is 0.580. The van der Waals surface area contributed by atoms with Crippen LogP contribution in [0.25, 0.3) is 5.69 Å². The lowest BCUT2D eigenvalue weighted by Crippen LogP contribution is -2.39. The topological polar surface area (TPSA) is 64.2 Å². The molecule has 2 N–H and O–H groups in total. The van der Waals surface area contributed by atoms with Crippen LogP contribution in [0.1, 0.15) is 23.2 Å². The van der Waals surface area contributed by atoms with Gasteiger partial charge in [-0.1, -0.05) is 11.6 Å². The molecule has 1 aliphatic heterocycles. The summed E-state index contributed by atoms with van der Waals surface area (Å²) < 4.78 is 1.69. The first-order valence-corrected chi connectivity index (χ1v) is 7.85. The number of carbonyl (C=O) groups is 1. The van der Waals surface area contributed by atoms with Crippen LogP contribution >= 0.6 is 11.6 Å². The van der Waals surface area contributed by atoms with Crippen LogP contribution in [-0.2, 0) is 0 Å². The third kappa shape index (κ3) is 3.15. The van der Waals surface area contributed by atoms with E-state index in [0.717, 1.165) is 31.6 Å². The zero-order chi connectivity index (χ0) is 15.5. The zero-order valence-corrected chi connectivity index (χ0v) is 13.0. The second-order valence-electron chi connectivity index (χ2n) is 5.62. The Kier molecular flexibility index (Phi) is 4.45. The summed E-state index contributed by atoms with van der Waals surface area (Å²) in [7, 11) is 0. The van der Waals surface area contributed by atoms with E-state index in [4.69, 9.17) is 17.3 Å². The number of amides is 1. The van der Waals surface area contributed by atoms with Crippen LogP contribution in [0.15, 0.2) is 36.7 Å². The van der Waals surface area contributed by atoms with Crippen LogP contribution in [0.3, 0.4) is 0 Å². The summed E-state index contributed by atoms with van der Waals surface area (Å²) in [6.45, 7) is 2.25. The quantitative estimate of drug-likeness (QED) is 0.944. The van der Waals surface area contributed by atoms with Crippen molar-refractivity contribution in [3.05, 3.63) is 47.2 Å². The molecule has 2 heterocycles. The van der Waals surface area contributed by atoms with Crippen molar-refractivity contribution in [1.82, 2.24) is 14.7 Å². The molecular weight excluding hydrogens is 300 g/mol. The summed E-state index contributed by atoms with van der Waals surface area (Å²) in [5, 5.41) is 4.95. The van der Waals surface area contributed by atoms with E-state index in [1.165, 1.54) is 0 Å². The molecule has 0 spiro atoms. The largest absolute Gasteiger partial charge is 0.339 e. The maximum atomic E-state index is 12.5. The molecule has 0 unspecified atom stereocenters. The van der Waals surface area contributed by atoms with Gasteiger partial charge >= 0.3 is 0 Å². The molecular formula is C16H19ClN4O. The first-order valence-electron chi connectivity index (χ1n) is 7.47. The normalized spacial score (nSPS) is 16.0. The van der Waals surface area contributed by atoms with E-state index in [9.17, 15) is 4.79 Å². The SMILES string of the molecule is NCC1CCN(C(=O)c2cnn(-c3ccc(Cl)cc3)c2)CC1. The molecule has 1 fully saturated rings. The molecule has 22 heavy (non-hydrogen) atoms. The lowest BCUT2D eigenvalue weighted by Gasteiger charge is -2.31. The summed E-state index contributed by atoms with van der Waals surface area (Å²) >= 11 is 5.88. The second kappa shape index (κ2) is 6.50. The molecule has 0 aliphatic carbocycles. The van der Waals surface area contributed by atoms with Gasteiger partial charge in [-0.2, -0.15) is 5.10 Å². The highest BCUT2D eigenvalue weighted by molar-refractivity contribution is 6.30. The summed E-state index contributed by atoms with van der Waals surface area (Å²) in [4.78, 5) is 14.4. The molecule has 1 aromatic heterocycles. The molecule has 0 saturated carbocycles.